The van der Waals surface area contributed by atoms with Crippen LogP contribution < -0.4 is 10.6 Å². The second kappa shape index (κ2) is 9.22. The Kier molecular flexibility index (Phi) is 5.91. The SMILES string of the molecule is C[C@H](Nc1cc(C(=O)N2CCC(NC(=O)C3CCC3)CC2)nc(-c2cnn3ccsc23)n1)C1CC1. The van der Waals surface area contributed by atoms with Gasteiger partial charge in [-0.1, -0.05) is 6.42 Å². The third-order valence-electron chi connectivity index (χ3n) is 7.63. The number of carbonyl (C=O) groups excluding carboxylic acids is 2. The van der Waals surface area contributed by atoms with E-state index in [0.29, 0.717) is 42.4 Å². The number of nitrogens with one attached hydrogen (secondary N) is 2. The van der Waals surface area contributed by atoms with E-state index in [4.69, 9.17) is 9.97 Å². The summed E-state index contributed by atoms with van der Waals surface area (Å²) in [5.41, 5.74) is 1.22. The lowest BCUT2D eigenvalue weighted by Gasteiger charge is -2.34. The molecule has 0 bridgehead atoms. The number of hydrogen-bond acceptors (Lipinski definition) is 7. The highest BCUT2D eigenvalue weighted by Crippen LogP contribution is 2.34. The number of hydrogen-bond donors (Lipinski definition) is 2. The molecule has 0 aromatic carbocycles. The largest absolute Gasteiger partial charge is 0.367 e. The van der Waals surface area contributed by atoms with Crippen molar-refractivity contribution in [2.24, 2.45) is 11.8 Å². The number of nitrogens with zero attached hydrogens (tertiary/aromatic N) is 5. The van der Waals surface area contributed by atoms with Crippen molar-refractivity contribution in [2.75, 3.05) is 18.4 Å². The Balaban J connectivity index is 1.20. The van der Waals surface area contributed by atoms with Gasteiger partial charge in [-0.05, 0) is 51.4 Å². The first-order valence-electron chi connectivity index (χ1n) is 12.7. The van der Waals surface area contributed by atoms with Crippen LogP contribution in [0.25, 0.3) is 16.2 Å². The maximum absolute atomic E-state index is 13.5. The van der Waals surface area contributed by atoms with Gasteiger partial charge in [-0.2, -0.15) is 5.10 Å². The van der Waals surface area contributed by atoms with E-state index < -0.39 is 0 Å². The summed E-state index contributed by atoms with van der Waals surface area (Å²) in [4.78, 5) is 38.1. The zero-order chi connectivity index (χ0) is 23.9. The zero-order valence-corrected chi connectivity index (χ0v) is 20.8. The molecule has 1 saturated heterocycles. The van der Waals surface area contributed by atoms with E-state index in [0.717, 1.165) is 42.5 Å². The quantitative estimate of drug-likeness (QED) is 0.521. The van der Waals surface area contributed by atoms with Crippen molar-refractivity contribution in [1.82, 2.24) is 29.8 Å². The average molecular weight is 494 g/mol. The molecule has 3 fully saturated rings. The lowest BCUT2D eigenvalue weighted by molar-refractivity contribution is -0.128. The van der Waals surface area contributed by atoms with Gasteiger partial charge < -0.3 is 15.5 Å². The van der Waals surface area contributed by atoms with Crippen molar-refractivity contribution >= 4 is 33.8 Å². The minimum atomic E-state index is -0.0888. The van der Waals surface area contributed by atoms with Crippen LogP contribution in [0.3, 0.4) is 0 Å². The molecule has 6 rings (SSSR count). The molecule has 1 atom stereocenters. The van der Waals surface area contributed by atoms with Crippen molar-refractivity contribution in [3.8, 4) is 11.4 Å². The van der Waals surface area contributed by atoms with Crippen LogP contribution in [0.15, 0.2) is 23.8 Å². The Morgan fingerprint density at radius 1 is 1.11 bits per heavy atom. The molecule has 0 unspecified atom stereocenters. The lowest BCUT2D eigenvalue weighted by Crippen LogP contribution is -2.48. The number of likely N-dealkylation sites (tertiary alicyclic amines) is 1. The number of fused-ring (bicyclic) bond motifs is 1. The normalized spacial score (nSPS) is 20.0. The van der Waals surface area contributed by atoms with E-state index in [1.165, 1.54) is 12.8 Å². The molecule has 2 N–H and O–H groups in total. The Labute approximate surface area is 208 Å². The summed E-state index contributed by atoms with van der Waals surface area (Å²) in [6.45, 7) is 3.39. The number of thiazole rings is 1. The minimum Gasteiger partial charge on any atom is -0.367 e. The highest BCUT2D eigenvalue weighted by Gasteiger charge is 2.31. The molecule has 0 radical (unpaired) electrons. The molecule has 184 valence electrons. The van der Waals surface area contributed by atoms with Crippen LogP contribution in [-0.4, -0.2) is 61.5 Å². The molecular formula is C25H31N7O2S. The van der Waals surface area contributed by atoms with E-state index in [-0.39, 0.29) is 23.8 Å². The van der Waals surface area contributed by atoms with E-state index in [1.54, 1.807) is 28.1 Å². The second-order valence-corrected chi connectivity index (χ2v) is 11.0. The first kappa shape index (κ1) is 22.5. The van der Waals surface area contributed by atoms with E-state index in [9.17, 15) is 9.59 Å². The van der Waals surface area contributed by atoms with Crippen molar-refractivity contribution in [3.63, 3.8) is 0 Å². The number of rotatable bonds is 7. The predicted molar refractivity (Wildman–Crippen MR) is 134 cm³/mol. The third-order valence-corrected chi connectivity index (χ3v) is 8.51. The fourth-order valence-electron chi connectivity index (χ4n) is 4.96. The van der Waals surface area contributed by atoms with Crippen LogP contribution >= 0.6 is 11.3 Å². The summed E-state index contributed by atoms with van der Waals surface area (Å²) >= 11 is 1.58. The van der Waals surface area contributed by atoms with Crippen molar-refractivity contribution in [3.05, 3.63) is 29.5 Å². The lowest BCUT2D eigenvalue weighted by atomic mass is 9.84. The summed E-state index contributed by atoms with van der Waals surface area (Å²) in [6, 6.07) is 2.22. The van der Waals surface area contributed by atoms with Crippen LogP contribution in [0, 0.1) is 11.8 Å². The first-order chi connectivity index (χ1) is 17.0. The van der Waals surface area contributed by atoms with E-state index in [2.05, 4.69) is 22.7 Å². The Morgan fingerprint density at radius 3 is 2.63 bits per heavy atom. The number of aromatic nitrogens is 4. The molecule has 1 aliphatic heterocycles. The standard InChI is InChI=1S/C25H31N7O2S/c1-15(16-5-6-16)27-21-13-20(29-22(30-21)19-14-26-32-11-12-35-25(19)32)24(34)31-9-7-18(8-10-31)28-23(33)17-3-2-4-17/h11-18H,2-10H2,1H3,(H,28,33)(H,27,29,30)/t15-/m0/s1. The highest BCUT2D eigenvalue weighted by molar-refractivity contribution is 7.16. The molecule has 9 nitrogen and oxygen atoms in total. The van der Waals surface area contributed by atoms with Gasteiger partial charge in [-0.25, -0.2) is 14.5 Å². The number of anilines is 1. The van der Waals surface area contributed by atoms with Crippen molar-refractivity contribution < 1.29 is 9.59 Å². The molecule has 3 aromatic rings. The monoisotopic (exact) mass is 493 g/mol. The third kappa shape index (κ3) is 4.63. The molecule has 4 heterocycles. The maximum atomic E-state index is 13.5. The van der Waals surface area contributed by atoms with Crippen LogP contribution in [0.2, 0.25) is 0 Å². The Hall–Kier alpha value is -3.01. The summed E-state index contributed by atoms with van der Waals surface area (Å²) < 4.78 is 1.81. The van der Waals surface area contributed by atoms with Gasteiger partial charge in [0.05, 0.1) is 11.8 Å². The predicted octanol–water partition coefficient (Wildman–Crippen LogP) is 3.58. The highest BCUT2D eigenvalue weighted by atomic mass is 32.1. The number of carbonyl (C=O) groups is 2. The molecule has 0 spiro atoms. The molecule has 2 aliphatic carbocycles. The summed E-state index contributed by atoms with van der Waals surface area (Å²) in [5.74, 6) is 2.13. The molecular weight excluding hydrogens is 462 g/mol. The smallest absolute Gasteiger partial charge is 0.272 e. The molecule has 2 saturated carbocycles. The molecule has 2 amide bonds. The topological polar surface area (TPSA) is 105 Å². The van der Waals surface area contributed by atoms with Gasteiger partial charge in [-0.3, -0.25) is 9.59 Å². The van der Waals surface area contributed by atoms with Gasteiger partial charge in [0.25, 0.3) is 5.91 Å². The minimum absolute atomic E-state index is 0.0888. The maximum Gasteiger partial charge on any atom is 0.272 e. The van der Waals surface area contributed by atoms with Gasteiger partial charge in [-0.15, -0.1) is 11.3 Å². The molecule has 3 aromatic heterocycles. The Bertz CT molecular complexity index is 1240. The van der Waals surface area contributed by atoms with E-state index in [1.807, 2.05) is 16.5 Å². The molecule has 35 heavy (non-hydrogen) atoms. The van der Waals surface area contributed by atoms with Gasteiger partial charge in [0.15, 0.2) is 5.82 Å². The van der Waals surface area contributed by atoms with Crippen LogP contribution in [0.5, 0.6) is 0 Å². The fraction of sp³-hybridized carbons (Fsp3) is 0.560. The van der Waals surface area contributed by atoms with Crippen LogP contribution in [0.4, 0.5) is 5.82 Å². The molecule has 10 heteroatoms. The van der Waals surface area contributed by atoms with Crippen molar-refractivity contribution in [1.29, 1.82) is 0 Å². The van der Waals surface area contributed by atoms with Crippen LogP contribution in [-0.2, 0) is 4.79 Å². The van der Waals surface area contributed by atoms with Gasteiger partial charge in [0.1, 0.15) is 16.3 Å². The van der Waals surface area contributed by atoms with E-state index >= 15 is 0 Å². The zero-order valence-electron chi connectivity index (χ0n) is 19.9. The first-order valence-corrected chi connectivity index (χ1v) is 13.6. The summed E-state index contributed by atoms with van der Waals surface area (Å²) in [7, 11) is 0. The second-order valence-electron chi connectivity index (χ2n) is 10.1. The van der Waals surface area contributed by atoms with Gasteiger partial charge >= 0.3 is 0 Å². The summed E-state index contributed by atoms with van der Waals surface area (Å²) in [6.07, 6.45) is 10.8. The molecule has 3 aliphatic rings. The Morgan fingerprint density at radius 2 is 1.91 bits per heavy atom. The van der Waals surface area contributed by atoms with Crippen LogP contribution in [0.1, 0.15) is 62.4 Å². The summed E-state index contributed by atoms with van der Waals surface area (Å²) in [5, 5.41) is 13.1. The van der Waals surface area contributed by atoms with Crippen molar-refractivity contribution in [2.45, 2.75) is 64.0 Å². The van der Waals surface area contributed by atoms with Gasteiger partial charge in [0, 0.05) is 48.7 Å². The van der Waals surface area contributed by atoms with Gasteiger partial charge in [0.2, 0.25) is 5.91 Å². The average Bonchev–Trinajstić information content (AvgIpc) is 3.44. The number of amides is 2. The fourth-order valence-corrected chi connectivity index (χ4v) is 5.75. The number of piperidine rings is 1.